The highest BCUT2D eigenvalue weighted by Gasteiger charge is 2.41. The fourth-order valence-electron chi connectivity index (χ4n) is 4.41. The number of hydrogen-bond acceptors (Lipinski definition) is 4. The van der Waals surface area contributed by atoms with Crippen LogP contribution in [0.2, 0.25) is 36.3 Å². The largest absolute Gasteiger partial charge is 0.543 e. The maximum absolute atomic E-state index is 13.0. The van der Waals surface area contributed by atoms with Crippen LogP contribution < -0.4 is 13.6 Å². The second-order valence-electron chi connectivity index (χ2n) is 14.4. The lowest BCUT2D eigenvalue weighted by Crippen LogP contribution is -2.44. The van der Waals surface area contributed by atoms with Gasteiger partial charge in [-0.1, -0.05) is 65.3 Å². The van der Waals surface area contributed by atoms with E-state index in [4.69, 9.17) is 8.85 Å². The van der Waals surface area contributed by atoms with E-state index in [0.29, 0.717) is 10.8 Å². The standard InChI is InChI=1S/C31H51NO4SSi2/c1-23-12-19-27(20-13-23)37(33,34)32-25-16-14-24(15-17-25)28-21-18-26(35-38(8,9)30(2,3)4)22-29(28)36-39(10,11)31(5,6)7/h12-13,18-22,24-25,32H,14-17H2,1-11H3/t24-,25-. The van der Waals surface area contributed by atoms with E-state index in [9.17, 15) is 8.42 Å². The van der Waals surface area contributed by atoms with Gasteiger partial charge in [0.2, 0.25) is 26.7 Å². The van der Waals surface area contributed by atoms with E-state index in [-0.39, 0.29) is 16.1 Å². The van der Waals surface area contributed by atoms with Crippen molar-refractivity contribution in [1.82, 2.24) is 4.72 Å². The maximum Gasteiger partial charge on any atom is 0.250 e. The van der Waals surface area contributed by atoms with Crippen LogP contribution in [0, 0.1) is 6.92 Å². The van der Waals surface area contributed by atoms with Crippen molar-refractivity contribution in [2.45, 2.75) is 127 Å². The SMILES string of the molecule is Cc1ccc(S(=O)(=O)N[C@H]2CC[C@H](c3ccc(O[Si](C)(C)C(C)(C)C)cc3O[Si](C)(C)C(C)(C)C)CC2)cc1. The normalized spacial score (nSPS) is 19.6. The molecule has 1 N–H and O–H groups in total. The minimum Gasteiger partial charge on any atom is -0.543 e. The summed E-state index contributed by atoms with van der Waals surface area (Å²) in [6.07, 6.45) is 3.43. The summed E-state index contributed by atoms with van der Waals surface area (Å²) < 4.78 is 42.5. The Hall–Kier alpha value is -1.62. The van der Waals surface area contributed by atoms with Crippen molar-refractivity contribution in [2.24, 2.45) is 0 Å². The Morgan fingerprint density at radius 2 is 1.28 bits per heavy atom. The summed E-state index contributed by atoms with van der Waals surface area (Å²) in [5, 5.41) is 0.183. The van der Waals surface area contributed by atoms with Gasteiger partial charge in [-0.2, -0.15) is 0 Å². The molecule has 8 heteroatoms. The van der Waals surface area contributed by atoms with E-state index >= 15 is 0 Å². The third kappa shape index (κ3) is 7.77. The Labute approximate surface area is 240 Å². The molecule has 0 aliphatic heterocycles. The summed E-state index contributed by atoms with van der Waals surface area (Å²) in [7, 11) is -7.60. The van der Waals surface area contributed by atoms with Gasteiger partial charge in [0.15, 0.2) is 0 Å². The van der Waals surface area contributed by atoms with Gasteiger partial charge >= 0.3 is 0 Å². The highest BCUT2D eigenvalue weighted by Crippen LogP contribution is 2.45. The summed E-state index contributed by atoms with van der Waals surface area (Å²) >= 11 is 0. The van der Waals surface area contributed by atoms with Gasteiger partial charge in [0.05, 0.1) is 4.90 Å². The highest BCUT2D eigenvalue weighted by atomic mass is 32.2. The number of rotatable bonds is 8. The van der Waals surface area contributed by atoms with Crippen molar-refractivity contribution in [3.05, 3.63) is 53.6 Å². The van der Waals surface area contributed by atoms with Crippen molar-refractivity contribution >= 4 is 26.7 Å². The molecule has 0 spiro atoms. The molecule has 0 radical (unpaired) electrons. The van der Waals surface area contributed by atoms with Gasteiger partial charge in [0.1, 0.15) is 11.5 Å². The van der Waals surface area contributed by atoms with Crippen LogP contribution in [0.3, 0.4) is 0 Å². The smallest absolute Gasteiger partial charge is 0.250 e. The van der Waals surface area contributed by atoms with Crippen molar-refractivity contribution < 1.29 is 17.3 Å². The van der Waals surface area contributed by atoms with Crippen LogP contribution in [-0.4, -0.2) is 31.1 Å². The number of hydrogen-bond donors (Lipinski definition) is 1. The Kier molecular flexibility index (Phi) is 9.28. The van der Waals surface area contributed by atoms with Gasteiger partial charge in [-0.15, -0.1) is 0 Å². The fourth-order valence-corrected chi connectivity index (χ4v) is 7.77. The monoisotopic (exact) mass is 589 g/mol. The third-order valence-electron chi connectivity index (χ3n) is 9.16. The first-order valence-corrected chi connectivity index (χ1v) is 21.6. The molecule has 0 amide bonds. The molecule has 2 aromatic carbocycles. The zero-order chi connectivity index (χ0) is 29.4. The first kappa shape index (κ1) is 31.9. The average Bonchev–Trinajstić information content (AvgIpc) is 2.78. The topological polar surface area (TPSA) is 64.6 Å². The molecule has 3 rings (SSSR count). The van der Waals surface area contributed by atoms with Crippen LogP contribution in [0.5, 0.6) is 11.5 Å². The first-order chi connectivity index (χ1) is 17.7. The van der Waals surface area contributed by atoms with Gasteiger partial charge in [0, 0.05) is 12.1 Å². The van der Waals surface area contributed by atoms with E-state index in [0.717, 1.165) is 42.7 Å². The molecule has 39 heavy (non-hydrogen) atoms. The van der Waals surface area contributed by atoms with Crippen LogP contribution in [-0.2, 0) is 10.0 Å². The van der Waals surface area contributed by atoms with Crippen LogP contribution >= 0.6 is 0 Å². The molecule has 0 heterocycles. The lowest BCUT2D eigenvalue weighted by atomic mass is 9.81. The van der Waals surface area contributed by atoms with Gasteiger partial charge in [-0.25, -0.2) is 13.1 Å². The van der Waals surface area contributed by atoms with Crippen molar-refractivity contribution in [3.63, 3.8) is 0 Å². The first-order valence-electron chi connectivity index (χ1n) is 14.3. The molecular formula is C31H51NO4SSi2. The summed E-state index contributed by atoms with van der Waals surface area (Å²) in [6.45, 7) is 24.6. The van der Waals surface area contributed by atoms with E-state index in [1.807, 2.05) is 19.1 Å². The molecule has 1 saturated carbocycles. The second-order valence-corrected chi connectivity index (χ2v) is 25.6. The zero-order valence-electron chi connectivity index (χ0n) is 26.1. The quantitative estimate of drug-likeness (QED) is 0.313. The van der Waals surface area contributed by atoms with Crippen molar-refractivity contribution in [2.75, 3.05) is 0 Å². The third-order valence-corrected chi connectivity index (χ3v) is 19.4. The second kappa shape index (κ2) is 11.3. The minimum absolute atomic E-state index is 0.0569. The molecule has 0 unspecified atom stereocenters. The molecule has 0 atom stereocenters. The van der Waals surface area contributed by atoms with E-state index in [1.165, 1.54) is 5.56 Å². The Bertz CT molecular complexity index is 1230. The Morgan fingerprint density at radius 1 is 0.769 bits per heavy atom. The molecule has 2 aromatic rings. The maximum atomic E-state index is 13.0. The molecule has 1 aliphatic rings. The molecule has 0 bridgehead atoms. The van der Waals surface area contributed by atoms with E-state index in [2.05, 4.69) is 90.7 Å². The minimum atomic E-state index is -3.52. The zero-order valence-corrected chi connectivity index (χ0v) is 28.9. The van der Waals surface area contributed by atoms with Gasteiger partial charge < -0.3 is 8.85 Å². The predicted molar refractivity (Wildman–Crippen MR) is 169 cm³/mol. The number of nitrogens with one attached hydrogen (secondary N) is 1. The van der Waals surface area contributed by atoms with Crippen LogP contribution in [0.15, 0.2) is 47.4 Å². The summed E-state index contributed by atoms with van der Waals surface area (Å²) in [6, 6.07) is 13.4. The molecule has 1 aliphatic carbocycles. The fraction of sp³-hybridized carbons (Fsp3) is 0.613. The molecule has 5 nitrogen and oxygen atoms in total. The van der Waals surface area contributed by atoms with Crippen LogP contribution in [0.4, 0.5) is 0 Å². The molecule has 218 valence electrons. The predicted octanol–water partition coefficient (Wildman–Crippen LogP) is 8.77. The van der Waals surface area contributed by atoms with Crippen molar-refractivity contribution in [1.29, 1.82) is 0 Å². The lowest BCUT2D eigenvalue weighted by Gasteiger charge is -2.39. The summed E-state index contributed by atoms with van der Waals surface area (Å²) in [4.78, 5) is 0.331. The van der Waals surface area contributed by atoms with E-state index < -0.39 is 26.7 Å². The Balaban J connectivity index is 1.82. The average molecular weight is 590 g/mol. The van der Waals surface area contributed by atoms with Crippen LogP contribution in [0.1, 0.15) is 84.3 Å². The lowest BCUT2D eigenvalue weighted by molar-refractivity contribution is 0.367. The molecule has 0 aromatic heterocycles. The van der Waals surface area contributed by atoms with Crippen molar-refractivity contribution in [3.8, 4) is 11.5 Å². The van der Waals surface area contributed by atoms with Gasteiger partial charge in [0.25, 0.3) is 0 Å². The molecule has 0 saturated heterocycles. The van der Waals surface area contributed by atoms with Gasteiger partial charge in [-0.3, -0.25) is 0 Å². The summed E-state index contributed by atoms with van der Waals surface area (Å²) in [5.41, 5.74) is 2.27. The number of benzene rings is 2. The molecular weight excluding hydrogens is 539 g/mol. The molecule has 1 fully saturated rings. The number of sulfonamides is 1. The number of aryl methyl sites for hydroxylation is 1. The Morgan fingerprint density at radius 3 is 1.79 bits per heavy atom. The van der Waals surface area contributed by atoms with Crippen LogP contribution in [0.25, 0.3) is 0 Å². The van der Waals surface area contributed by atoms with E-state index in [1.54, 1.807) is 12.1 Å². The highest BCUT2D eigenvalue weighted by molar-refractivity contribution is 7.89. The van der Waals surface area contributed by atoms with Gasteiger partial charge in [-0.05, 0) is 98.6 Å². The summed E-state index contributed by atoms with van der Waals surface area (Å²) in [5.74, 6) is 2.16.